The summed E-state index contributed by atoms with van der Waals surface area (Å²) in [6.45, 7) is 0.409. The Bertz CT molecular complexity index is 836. The molecule has 4 nitrogen and oxygen atoms in total. The molecule has 5 heteroatoms. The van der Waals surface area contributed by atoms with Gasteiger partial charge in [-0.25, -0.2) is 4.98 Å². The number of nitrogens with zero attached hydrogens (tertiary/aromatic N) is 1. The third-order valence-corrected chi connectivity index (χ3v) is 3.80. The highest BCUT2D eigenvalue weighted by Gasteiger charge is 2.10. The highest BCUT2D eigenvalue weighted by Crippen LogP contribution is 2.22. The van der Waals surface area contributed by atoms with Crippen LogP contribution in [0.25, 0.3) is 0 Å². The van der Waals surface area contributed by atoms with Gasteiger partial charge in [0, 0.05) is 11.2 Å². The van der Waals surface area contributed by atoms with Crippen LogP contribution in [0.4, 0.5) is 5.82 Å². The molecular weight excluding hydrogens is 336 g/mol. The van der Waals surface area contributed by atoms with E-state index in [-0.39, 0.29) is 12.3 Å². The van der Waals surface area contributed by atoms with E-state index >= 15 is 0 Å². The number of hydrogen-bond donors (Lipinski definition) is 1. The molecule has 25 heavy (non-hydrogen) atoms. The van der Waals surface area contributed by atoms with Crippen LogP contribution in [0.15, 0.2) is 72.9 Å². The topological polar surface area (TPSA) is 51.2 Å². The number of anilines is 1. The summed E-state index contributed by atoms with van der Waals surface area (Å²) in [5.74, 6) is 0.791. The monoisotopic (exact) mass is 352 g/mol. The Labute approximate surface area is 151 Å². The molecule has 2 aromatic carbocycles. The molecule has 0 aliphatic heterocycles. The van der Waals surface area contributed by atoms with E-state index in [9.17, 15) is 4.79 Å². The standard InChI is InChI=1S/C20H17ClN2O2/c21-17-10-8-15(9-11-17)13-19(24)23-20-18(7-4-12-22-20)25-14-16-5-2-1-3-6-16/h1-12H,13-14H2,(H,22,23,24). The second kappa shape index (κ2) is 8.31. The molecule has 0 saturated carbocycles. The number of pyridine rings is 1. The Morgan fingerprint density at radius 1 is 0.960 bits per heavy atom. The molecule has 0 aliphatic carbocycles. The smallest absolute Gasteiger partial charge is 0.230 e. The lowest BCUT2D eigenvalue weighted by molar-refractivity contribution is -0.115. The lowest BCUT2D eigenvalue weighted by atomic mass is 10.1. The zero-order valence-electron chi connectivity index (χ0n) is 13.5. The van der Waals surface area contributed by atoms with Gasteiger partial charge in [-0.05, 0) is 35.4 Å². The number of hydrogen-bond acceptors (Lipinski definition) is 3. The Hall–Kier alpha value is -2.85. The Morgan fingerprint density at radius 2 is 1.72 bits per heavy atom. The third kappa shape index (κ3) is 5.06. The summed E-state index contributed by atoms with van der Waals surface area (Å²) in [5, 5.41) is 3.45. The Balaban J connectivity index is 1.63. The molecule has 0 aliphatic rings. The number of nitrogens with one attached hydrogen (secondary N) is 1. The van der Waals surface area contributed by atoms with Gasteiger partial charge in [-0.2, -0.15) is 0 Å². The van der Waals surface area contributed by atoms with Crippen LogP contribution < -0.4 is 10.1 Å². The Kier molecular flexibility index (Phi) is 5.65. The van der Waals surface area contributed by atoms with Crippen LogP contribution in [0.2, 0.25) is 5.02 Å². The summed E-state index contributed by atoms with van der Waals surface area (Å²) < 4.78 is 5.80. The normalized spacial score (nSPS) is 10.3. The molecule has 0 spiro atoms. The van der Waals surface area contributed by atoms with Crippen molar-refractivity contribution in [3.8, 4) is 5.75 Å². The minimum absolute atomic E-state index is 0.161. The number of aromatic nitrogens is 1. The fraction of sp³-hybridized carbons (Fsp3) is 0.100. The number of ether oxygens (including phenoxy) is 1. The summed E-state index contributed by atoms with van der Waals surface area (Å²) in [6, 6.07) is 20.6. The van der Waals surface area contributed by atoms with Crippen molar-refractivity contribution in [2.24, 2.45) is 0 Å². The highest BCUT2D eigenvalue weighted by molar-refractivity contribution is 6.30. The SMILES string of the molecule is O=C(Cc1ccc(Cl)cc1)Nc1ncccc1OCc1ccccc1. The van der Waals surface area contributed by atoms with Crippen LogP contribution in [0.3, 0.4) is 0 Å². The maximum absolute atomic E-state index is 12.3. The van der Waals surface area contributed by atoms with E-state index in [1.165, 1.54) is 0 Å². The van der Waals surface area contributed by atoms with E-state index < -0.39 is 0 Å². The lowest BCUT2D eigenvalue weighted by Crippen LogP contribution is -2.16. The average Bonchev–Trinajstić information content (AvgIpc) is 2.64. The van der Waals surface area contributed by atoms with Gasteiger partial charge < -0.3 is 10.1 Å². The molecule has 1 heterocycles. The zero-order valence-corrected chi connectivity index (χ0v) is 14.2. The molecule has 0 atom stereocenters. The van der Waals surface area contributed by atoms with Crippen LogP contribution in [0.5, 0.6) is 5.75 Å². The third-order valence-electron chi connectivity index (χ3n) is 3.54. The first-order valence-corrected chi connectivity index (χ1v) is 8.24. The largest absolute Gasteiger partial charge is 0.485 e. The summed E-state index contributed by atoms with van der Waals surface area (Å²) in [5.41, 5.74) is 1.93. The number of carbonyl (C=O) groups is 1. The molecule has 126 valence electrons. The second-order valence-electron chi connectivity index (χ2n) is 5.48. The lowest BCUT2D eigenvalue weighted by Gasteiger charge is -2.11. The van der Waals surface area contributed by atoms with Crippen LogP contribution in [0, 0.1) is 0 Å². The molecule has 1 aromatic heterocycles. The number of amides is 1. The van der Waals surface area contributed by atoms with Crippen LogP contribution >= 0.6 is 11.6 Å². The van der Waals surface area contributed by atoms with Crippen molar-refractivity contribution in [1.29, 1.82) is 0 Å². The first-order chi connectivity index (χ1) is 12.2. The van der Waals surface area contributed by atoms with Crippen LogP contribution in [-0.4, -0.2) is 10.9 Å². The van der Waals surface area contributed by atoms with Crippen LogP contribution in [0.1, 0.15) is 11.1 Å². The molecular formula is C20H17ClN2O2. The summed E-state index contributed by atoms with van der Waals surface area (Å²) in [4.78, 5) is 16.5. The van der Waals surface area contributed by atoms with Crippen molar-refractivity contribution in [3.05, 3.63) is 89.1 Å². The summed E-state index contributed by atoms with van der Waals surface area (Å²) in [7, 11) is 0. The molecule has 1 amide bonds. The van der Waals surface area contributed by atoms with Gasteiger partial charge in [-0.15, -0.1) is 0 Å². The molecule has 0 unspecified atom stereocenters. The van der Waals surface area contributed by atoms with E-state index in [1.807, 2.05) is 42.5 Å². The fourth-order valence-electron chi connectivity index (χ4n) is 2.30. The number of carbonyl (C=O) groups excluding carboxylic acids is 1. The predicted molar refractivity (Wildman–Crippen MR) is 98.8 cm³/mol. The van der Waals surface area contributed by atoms with Crippen molar-refractivity contribution < 1.29 is 9.53 Å². The summed E-state index contributed by atoms with van der Waals surface area (Å²) >= 11 is 5.86. The molecule has 0 saturated heterocycles. The average molecular weight is 353 g/mol. The molecule has 3 aromatic rings. The van der Waals surface area contributed by atoms with Gasteiger partial charge in [0.15, 0.2) is 11.6 Å². The van der Waals surface area contributed by atoms with Crippen LogP contribution in [-0.2, 0) is 17.8 Å². The Morgan fingerprint density at radius 3 is 2.48 bits per heavy atom. The first-order valence-electron chi connectivity index (χ1n) is 7.87. The van der Waals surface area contributed by atoms with Gasteiger partial charge in [0.05, 0.1) is 6.42 Å². The van der Waals surface area contributed by atoms with Crippen molar-refractivity contribution in [2.45, 2.75) is 13.0 Å². The van der Waals surface area contributed by atoms with Gasteiger partial charge in [0.2, 0.25) is 5.91 Å². The predicted octanol–water partition coefficient (Wildman–Crippen LogP) is 4.50. The first kappa shape index (κ1) is 17.0. The van der Waals surface area contributed by atoms with E-state index in [0.29, 0.717) is 23.2 Å². The molecule has 0 bridgehead atoms. The molecule has 3 rings (SSSR count). The van der Waals surface area contributed by atoms with Gasteiger partial charge in [0.25, 0.3) is 0 Å². The second-order valence-corrected chi connectivity index (χ2v) is 5.91. The van der Waals surface area contributed by atoms with E-state index in [4.69, 9.17) is 16.3 Å². The molecule has 0 radical (unpaired) electrons. The zero-order chi connectivity index (χ0) is 17.5. The van der Waals surface area contributed by atoms with E-state index in [2.05, 4.69) is 10.3 Å². The fourth-order valence-corrected chi connectivity index (χ4v) is 2.43. The minimum atomic E-state index is -0.161. The van der Waals surface area contributed by atoms with Crippen molar-refractivity contribution >= 4 is 23.3 Å². The highest BCUT2D eigenvalue weighted by atomic mass is 35.5. The van der Waals surface area contributed by atoms with Crippen molar-refractivity contribution in [1.82, 2.24) is 4.98 Å². The number of benzene rings is 2. The quantitative estimate of drug-likeness (QED) is 0.710. The van der Waals surface area contributed by atoms with E-state index in [0.717, 1.165) is 11.1 Å². The van der Waals surface area contributed by atoms with Gasteiger partial charge in [-0.3, -0.25) is 4.79 Å². The number of rotatable bonds is 6. The van der Waals surface area contributed by atoms with Gasteiger partial charge in [0.1, 0.15) is 6.61 Å². The van der Waals surface area contributed by atoms with Crippen molar-refractivity contribution in [3.63, 3.8) is 0 Å². The van der Waals surface area contributed by atoms with Gasteiger partial charge >= 0.3 is 0 Å². The maximum atomic E-state index is 12.3. The molecule has 0 fully saturated rings. The van der Waals surface area contributed by atoms with Gasteiger partial charge in [-0.1, -0.05) is 54.1 Å². The maximum Gasteiger partial charge on any atom is 0.230 e. The number of halogens is 1. The minimum Gasteiger partial charge on any atom is -0.485 e. The summed E-state index contributed by atoms with van der Waals surface area (Å²) in [6.07, 6.45) is 1.86. The van der Waals surface area contributed by atoms with Crippen molar-refractivity contribution in [2.75, 3.05) is 5.32 Å². The molecule has 1 N–H and O–H groups in total. The van der Waals surface area contributed by atoms with E-state index in [1.54, 1.807) is 30.5 Å².